The second kappa shape index (κ2) is 5.33. The Bertz CT molecular complexity index is 420. The van der Waals surface area contributed by atoms with Crippen molar-refractivity contribution in [1.82, 2.24) is 0 Å². The number of hydrogen-bond donors (Lipinski definition) is 1. The maximum absolute atomic E-state index is 13.8. The summed E-state index contributed by atoms with van der Waals surface area (Å²) in [5.74, 6) is -1.86. The lowest BCUT2D eigenvalue weighted by atomic mass is 9.82. The monoisotopic (exact) mass is 256 g/mol. The fraction of sp³-hybridized carbons (Fsp3) is 0.571. The highest BCUT2D eigenvalue weighted by Gasteiger charge is 2.38. The average Bonchev–Trinajstić information content (AvgIpc) is 2.33. The molecule has 0 spiro atoms. The molecule has 100 valence electrons. The smallest absolute Gasteiger partial charge is 0.164 e. The van der Waals surface area contributed by atoms with E-state index in [4.69, 9.17) is 4.74 Å². The molecule has 0 aromatic heterocycles. The Hall–Kier alpha value is -1.00. The van der Waals surface area contributed by atoms with Gasteiger partial charge in [-0.15, -0.1) is 0 Å². The van der Waals surface area contributed by atoms with Crippen molar-refractivity contribution in [3.63, 3.8) is 0 Å². The largest absolute Gasteiger partial charge is 0.385 e. The minimum atomic E-state index is -1.32. The van der Waals surface area contributed by atoms with Crippen LogP contribution in [0.1, 0.15) is 38.2 Å². The van der Waals surface area contributed by atoms with E-state index in [0.717, 1.165) is 18.9 Å². The van der Waals surface area contributed by atoms with Crippen molar-refractivity contribution < 1.29 is 18.6 Å². The molecule has 0 amide bonds. The Morgan fingerprint density at radius 2 is 2.22 bits per heavy atom. The van der Waals surface area contributed by atoms with E-state index in [9.17, 15) is 13.9 Å². The van der Waals surface area contributed by atoms with E-state index in [0.29, 0.717) is 19.4 Å². The first kappa shape index (κ1) is 13.4. The zero-order chi connectivity index (χ0) is 13.2. The third kappa shape index (κ3) is 2.54. The Morgan fingerprint density at radius 1 is 1.44 bits per heavy atom. The van der Waals surface area contributed by atoms with Gasteiger partial charge in [-0.05, 0) is 12.5 Å². The molecule has 1 heterocycles. The summed E-state index contributed by atoms with van der Waals surface area (Å²) in [6.07, 6.45) is 2.29. The number of rotatable bonds is 3. The van der Waals surface area contributed by atoms with Crippen LogP contribution in [0.4, 0.5) is 8.78 Å². The first-order valence-electron chi connectivity index (χ1n) is 6.35. The van der Waals surface area contributed by atoms with E-state index in [1.54, 1.807) is 0 Å². The van der Waals surface area contributed by atoms with Crippen LogP contribution in [0, 0.1) is 11.6 Å². The number of halogens is 2. The average molecular weight is 256 g/mol. The summed E-state index contributed by atoms with van der Waals surface area (Å²) in [5, 5.41) is 10.6. The van der Waals surface area contributed by atoms with Gasteiger partial charge < -0.3 is 9.84 Å². The normalized spacial score (nSPS) is 28.3. The molecule has 1 aliphatic heterocycles. The summed E-state index contributed by atoms with van der Waals surface area (Å²) >= 11 is 0. The predicted octanol–water partition coefficient (Wildman–Crippen LogP) is 3.13. The second-order valence-corrected chi connectivity index (χ2v) is 4.87. The van der Waals surface area contributed by atoms with Crippen LogP contribution in [0.2, 0.25) is 0 Å². The van der Waals surface area contributed by atoms with Crippen LogP contribution in [-0.4, -0.2) is 17.8 Å². The maximum Gasteiger partial charge on any atom is 0.164 e. The minimum absolute atomic E-state index is 0.0481. The lowest BCUT2D eigenvalue weighted by Crippen LogP contribution is -2.39. The number of hydrogen-bond acceptors (Lipinski definition) is 2. The van der Waals surface area contributed by atoms with Crippen LogP contribution in [-0.2, 0) is 10.3 Å². The zero-order valence-electron chi connectivity index (χ0n) is 10.5. The van der Waals surface area contributed by atoms with Crippen molar-refractivity contribution in [2.45, 2.75) is 44.3 Å². The minimum Gasteiger partial charge on any atom is -0.385 e. The molecule has 1 aliphatic rings. The topological polar surface area (TPSA) is 29.5 Å². The molecular weight excluding hydrogens is 238 g/mol. The van der Waals surface area contributed by atoms with E-state index in [2.05, 4.69) is 0 Å². The van der Waals surface area contributed by atoms with E-state index >= 15 is 0 Å². The molecule has 0 saturated carbocycles. The Kier molecular flexibility index (Phi) is 3.97. The molecule has 2 rings (SSSR count). The molecule has 0 aliphatic carbocycles. The molecule has 0 radical (unpaired) electrons. The van der Waals surface area contributed by atoms with Gasteiger partial charge in [0.25, 0.3) is 0 Å². The van der Waals surface area contributed by atoms with Gasteiger partial charge >= 0.3 is 0 Å². The van der Waals surface area contributed by atoms with Gasteiger partial charge in [0, 0.05) is 18.4 Å². The standard InChI is InChI=1S/C14H18F2O2/c1-2-4-10-9-14(17,7-8-18-10)11-5-3-6-12(15)13(11)16/h3,5-6,10,17H,2,4,7-9H2,1H3. The van der Waals surface area contributed by atoms with Crippen molar-refractivity contribution >= 4 is 0 Å². The van der Waals surface area contributed by atoms with Crippen LogP contribution in [0.3, 0.4) is 0 Å². The SMILES string of the molecule is CCCC1CC(O)(c2cccc(F)c2F)CCO1. The summed E-state index contributed by atoms with van der Waals surface area (Å²) in [4.78, 5) is 0. The highest BCUT2D eigenvalue weighted by Crippen LogP contribution is 2.37. The van der Waals surface area contributed by atoms with Crippen LogP contribution < -0.4 is 0 Å². The van der Waals surface area contributed by atoms with Crippen molar-refractivity contribution in [1.29, 1.82) is 0 Å². The van der Waals surface area contributed by atoms with Crippen LogP contribution >= 0.6 is 0 Å². The van der Waals surface area contributed by atoms with Crippen molar-refractivity contribution in [2.75, 3.05) is 6.61 Å². The predicted molar refractivity (Wildman–Crippen MR) is 64.1 cm³/mol. The highest BCUT2D eigenvalue weighted by atomic mass is 19.2. The molecule has 0 bridgehead atoms. The molecule has 1 saturated heterocycles. The zero-order valence-corrected chi connectivity index (χ0v) is 10.5. The molecule has 1 aromatic rings. The van der Waals surface area contributed by atoms with E-state index in [1.165, 1.54) is 12.1 Å². The molecule has 4 heteroatoms. The van der Waals surface area contributed by atoms with Crippen molar-refractivity contribution in [2.24, 2.45) is 0 Å². The first-order chi connectivity index (χ1) is 8.57. The number of ether oxygens (including phenoxy) is 1. The quantitative estimate of drug-likeness (QED) is 0.900. The van der Waals surface area contributed by atoms with Gasteiger partial charge in [-0.25, -0.2) is 8.78 Å². The third-order valence-corrected chi connectivity index (χ3v) is 3.50. The van der Waals surface area contributed by atoms with E-state index < -0.39 is 17.2 Å². The maximum atomic E-state index is 13.8. The van der Waals surface area contributed by atoms with E-state index in [1.807, 2.05) is 6.92 Å². The fourth-order valence-corrected chi connectivity index (χ4v) is 2.55. The summed E-state index contributed by atoms with van der Waals surface area (Å²) in [7, 11) is 0. The summed E-state index contributed by atoms with van der Waals surface area (Å²) in [6.45, 7) is 2.40. The molecule has 2 unspecified atom stereocenters. The first-order valence-corrected chi connectivity index (χ1v) is 6.35. The molecule has 1 aromatic carbocycles. The summed E-state index contributed by atoms with van der Waals surface area (Å²) in [5.41, 5.74) is -1.27. The lowest BCUT2D eigenvalue weighted by Gasteiger charge is -2.37. The van der Waals surface area contributed by atoms with Crippen LogP contribution in [0.15, 0.2) is 18.2 Å². The highest BCUT2D eigenvalue weighted by molar-refractivity contribution is 5.26. The van der Waals surface area contributed by atoms with Gasteiger partial charge in [0.15, 0.2) is 11.6 Å². The van der Waals surface area contributed by atoms with Crippen LogP contribution in [0.25, 0.3) is 0 Å². The Balaban J connectivity index is 2.27. The number of benzene rings is 1. The number of aliphatic hydroxyl groups is 1. The Morgan fingerprint density at radius 3 is 2.94 bits per heavy atom. The molecule has 18 heavy (non-hydrogen) atoms. The molecule has 1 N–H and O–H groups in total. The molecule has 1 fully saturated rings. The van der Waals surface area contributed by atoms with E-state index in [-0.39, 0.29) is 11.7 Å². The van der Waals surface area contributed by atoms with Crippen molar-refractivity contribution in [3.8, 4) is 0 Å². The van der Waals surface area contributed by atoms with Crippen LogP contribution in [0.5, 0.6) is 0 Å². The van der Waals surface area contributed by atoms with Gasteiger partial charge in [-0.1, -0.05) is 25.5 Å². The molecular formula is C14H18F2O2. The van der Waals surface area contributed by atoms with Gasteiger partial charge in [-0.2, -0.15) is 0 Å². The second-order valence-electron chi connectivity index (χ2n) is 4.87. The fourth-order valence-electron chi connectivity index (χ4n) is 2.55. The Labute approximate surface area is 106 Å². The molecule has 2 atom stereocenters. The van der Waals surface area contributed by atoms with Gasteiger partial charge in [0.05, 0.1) is 18.3 Å². The molecule has 2 nitrogen and oxygen atoms in total. The lowest BCUT2D eigenvalue weighted by molar-refractivity contribution is -0.111. The third-order valence-electron chi connectivity index (χ3n) is 3.50. The van der Waals surface area contributed by atoms with Crippen molar-refractivity contribution in [3.05, 3.63) is 35.4 Å². The van der Waals surface area contributed by atoms with Gasteiger partial charge in [0.2, 0.25) is 0 Å². The van der Waals surface area contributed by atoms with Gasteiger partial charge in [-0.3, -0.25) is 0 Å². The van der Waals surface area contributed by atoms with Gasteiger partial charge in [0.1, 0.15) is 0 Å². The summed E-state index contributed by atoms with van der Waals surface area (Å²) < 4.78 is 32.5. The summed E-state index contributed by atoms with van der Waals surface area (Å²) in [6, 6.07) is 3.94.